The van der Waals surface area contributed by atoms with E-state index in [1.807, 2.05) is 0 Å². The van der Waals surface area contributed by atoms with Gasteiger partial charge in [0.05, 0.1) is 0 Å². The second kappa shape index (κ2) is 25.0. The van der Waals surface area contributed by atoms with Crippen molar-refractivity contribution in [2.45, 2.75) is 175 Å². The second-order valence-electron chi connectivity index (χ2n) is 9.60. The van der Waals surface area contributed by atoms with Gasteiger partial charge in [-0.2, -0.15) is 0 Å². The fourth-order valence-corrected chi connectivity index (χ4v) is 4.60. The summed E-state index contributed by atoms with van der Waals surface area (Å²) < 4.78 is 0. The molecule has 0 aromatic carbocycles. The summed E-state index contributed by atoms with van der Waals surface area (Å²) >= 11 is 0. The van der Waals surface area contributed by atoms with Crippen LogP contribution < -0.4 is 0 Å². The zero-order valence-corrected chi connectivity index (χ0v) is 20.5. The van der Waals surface area contributed by atoms with Gasteiger partial charge in [-0.05, 0) is 5.92 Å². The molecule has 0 heteroatoms. The Morgan fingerprint density at radius 1 is 0.286 bits per heavy atom. The van der Waals surface area contributed by atoms with Crippen LogP contribution in [0.25, 0.3) is 0 Å². The third kappa shape index (κ3) is 22.3. The Morgan fingerprint density at radius 2 is 0.500 bits per heavy atom. The van der Waals surface area contributed by atoms with E-state index in [1.54, 1.807) is 0 Å². The summed E-state index contributed by atoms with van der Waals surface area (Å²) in [5.41, 5.74) is 0. The van der Waals surface area contributed by atoms with Gasteiger partial charge in [-0.15, -0.1) is 0 Å². The highest BCUT2D eigenvalue weighted by Crippen LogP contribution is 2.24. The smallest absolute Gasteiger partial charge is 0.0414 e. The highest BCUT2D eigenvalue weighted by Gasteiger charge is 2.08. The quantitative estimate of drug-likeness (QED) is 0.143. The minimum absolute atomic E-state index is 1.04. The summed E-state index contributed by atoms with van der Waals surface area (Å²) in [6.45, 7) is 6.96. The summed E-state index contributed by atoms with van der Waals surface area (Å²) in [5, 5.41) is 0. The first-order valence-electron chi connectivity index (χ1n) is 13.8. The molecule has 170 valence electrons. The van der Waals surface area contributed by atoms with Crippen molar-refractivity contribution in [1.29, 1.82) is 0 Å². The lowest BCUT2D eigenvalue weighted by atomic mass is 9.89. The molecule has 0 saturated carbocycles. The summed E-state index contributed by atoms with van der Waals surface area (Å²) in [6.07, 6.45) is 35.3. The number of hydrogen-bond donors (Lipinski definition) is 0. The van der Waals surface area contributed by atoms with Crippen molar-refractivity contribution in [2.75, 3.05) is 0 Å². The molecule has 0 unspecified atom stereocenters. The van der Waals surface area contributed by atoms with E-state index in [0.29, 0.717) is 0 Å². The lowest BCUT2D eigenvalue weighted by Gasteiger charge is -2.17. The van der Waals surface area contributed by atoms with Crippen molar-refractivity contribution in [1.82, 2.24) is 0 Å². The van der Waals surface area contributed by atoms with Gasteiger partial charge in [-0.1, -0.05) is 175 Å². The van der Waals surface area contributed by atoms with Crippen LogP contribution in [0.2, 0.25) is 0 Å². The molecule has 0 aliphatic heterocycles. The van der Waals surface area contributed by atoms with Gasteiger partial charge in [0.2, 0.25) is 0 Å². The number of hydrogen-bond acceptors (Lipinski definition) is 0. The highest BCUT2D eigenvalue weighted by atomic mass is 14.1. The standard InChI is InChI=1S/C28H58/c1-4-7-10-13-15-17-20-23-26-28(25-22-19-12-9-6-3)27-24-21-18-16-14-11-8-5-2/h28H,4-27H2,1-3H3. The maximum atomic E-state index is 2.33. The molecule has 0 nitrogen and oxygen atoms in total. The molecule has 0 aliphatic carbocycles. The van der Waals surface area contributed by atoms with Crippen LogP contribution in [0, 0.1) is 5.92 Å². The molecule has 0 N–H and O–H groups in total. The third-order valence-electron chi connectivity index (χ3n) is 6.65. The molecule has 0 radical (unpaired) electrons. The van der Waals surface area contributed by atoms with Crippen LogP contribution in [0.1, 0.15) is 175 Å². The van der Waals surface area contributed by atoms with Gasteiger partial charge in [0.1, 0.15) is 0 Å². The van der Waals surface area contributed by atoms with Crippen LogP contribution in [-0.2, 0) is 0 Å². The Bertz CT molecular complexity index is 237. The molecule has 0 aromatic rings. The average Bonchev–Trinajstić information content (AvgIpc) is 2.71. The van der Waals surface area contributed by atoms with Crippen molar-refractivity contribution >= 4 is 0 Å². The lowest BCUT2D eigenvalue weighted by Crippen LogP contribution is -2.01. The minimum atomic E-state index is 1.04. The summed E-state index contributed by atoms with van der Waals surface area (Å²) in [5.74, 6) is 1.04. The first-order valence-corrected chi connectivity index (χ1v) is 13.8. The Hall–Kier alpha value is 0. The molecular formula is C28H58. The molecule has 0 bridgehead atoms. The predicted molar refractivity (Wildman–Crippen MR) is 131 cm³/mol. The maximum Gasteiger partial charge on any atom is -0.0414 e. The van der Waals surface area contributed by atoms with Gasteiger partial charge in [0, 0.05) is 0 Å². The van der Waals surface area contributed by atoms with Crippen molar-refractivity contribution < 1.29 is 0 Å². The van der Waals surface area contributed by atoms with Crippen LogP contribution >= 0.6 is 0 Å². The molecule has 28 heavy (non-hydrogen) atoms. The third-order valence-corrected chi connectivity index (χ3v) is 6.65. The Morgan fingerprint density at radius 3 is 0.750 bits per heavy atom. The average molecular weight is 395 g/mol. The van der Waals surface area contributed by atoms with E-state index in [2.05, 4.69) is 20.8 Å². The minimum Gasteiger partial charge on any atom is -0.0654 e. The fraction of sp³-hybridized carbons (Fsp3) is 1.00. The number of rotatable bonds is 24. The van der Waals surface area contributed by atoms with Crippen LogP contribution in [0.4, 0.5) is 0 Å². The van der Waals surface area contributed by atoms with E-state index in [-0.39, 0.29) is 0 Å². The monoisotopic (exact) mass is 394 g/mol. The van der Waals surface area contributed by atoms with E-state index < -0.39 is 0 Å². The van der Waals surface area contributed by atoms with Gasteiger partial charge in [-0.3, -0.25) is 0 Å². The van der Waals surface area contributed by atoms with Gasteiger partial charge in [0.25, 0.3) is 0 Å². The molecule has 0 amide bonds. The SMILES string of the molecule is CCCCCCCCCCC(CCCCCCC)CCCCCCCCCC. The first-order chi connectivity index (χ1) is 13.8. The molecule has 0 spiro atoms. The zero-order chi connectivity index (χ0) is 20.5. The lowest BCUT2D eigenvalue weighted by molar-refractivity contribution is 0.365. The Balaban J connectivity index is 3.75. The van der Waals surface area contributed by atoms with Crippen LogP contribution in [0.3, 0.4) is 0 Å². The van der Waals surface area contributed by atoms with Gasteiger partial charge in [0.15, 0.2) is 0 Å². The molecule has 0 aromatic heterocycles. The van der Waals surface area contributed by atoms with Gasteiger partial charge < -0.3 is 0 Å². The molecule has 0 rings (SSSR count). The van der Waals surface area contributed by atoms with Crippen molar-refractivity contribution in [3.8, 4) is 0 Å². The Kier molecular flexibility index (Phi) is 25.0. The predicted octanol–water partition coefficient (Wildman–Crippen LogP) is 11.0. The largest absolute Gasteiger partial charge is 0.0654 e. The van der Waals surface area contributed by atoms with Gasteiger partial charge in [-0.25, -0.2) is 0 Å². The van der Waals surface area contributed by atoms with E-state index >= 15 is 0 Å². The van der Waals surface area contributed by atoms with Crippen LogP contribution in [0.15, 0.2) is 0 Å². The van der Waals surface area contributed by atoms with E-state index in [0.717, 1.165) is 5.92 Å². The van der Waals surface area contributed by atoms with E-state index in [4.69, 9.17) is 0 Å². The zero-order valence-electron chi connectivity index (χ0n) is 20.5. The van der Waals surface area contributed by atoms with E-state index in [9.17, 15) is 0 Å². The molecule has 0 atom stereocenters. The maximum absolute atomic E-state index is 2.33. The molecule has 0 fully saturated rings. The first kappa shape index (κ1) is 28.0. The fourth-order valence-electron chi connectivity index (χ4n) is 4.60. The van der Waals surface area contributed by atoms with E-state index in [1.165, 1.54) is 154 Å². The summed E-state index contributed by atoms with van der Waals surface area (Å²) in [7, 11) is 0. The van der Waals surface area contributed by atoms with Gasteiger partial charge >= 0.3 is 0 Å². The number of unbranched alkanes of at least 4 members (excludes halogenated alkanes) is 18. The molecule has 0 aliphatic rings. The normalized spacial score (nSPS) is 11.6. The van der Waals surface area contributed by atoms with Crippen LogP contribution in [0.5, 0.6) is 0 Å². The second-order valence-corrected chi connectivity index (χ2v) is 9.60. The summed E-state index contributed by atoms with van der Waals surface area (Å²) in [4.78, 5) is 0. The van der Waals surface area contributed by atoms with Crippen molar-refractivity contribution in [3.05, 3.63) is 0 Å². The van der Waals surface area contributed by atoms with Crippen molar-refractivity contribution in [3.63, 3.8) is 0 Å². The molecular weight excluding hydrogens is 336 g/mol. The topological polar surface area (TPSA) is 0 Å². The van der Waals surface area contributed by atoms with Crippen molar-refractivity contribution in [2.24, 2.45) is 5.92 Å². The molecule has 0 heterocycles. The van der Waals surface area contributed by atoms with Crippen LogP contribution in [-0.4, -0.2) is 0 Å². The summed E-state index contributed by atoms with van der Waals surface area (Å²) in [6, 6.07) is 0. The Labute approximate surface area is 181 Å². The highest BCUT2D eigenvalue weighted by molar-refractivity contribution is 4.62. The molecule has 0 saturated heterocycles.